The van der Waals surface area contributed by atoms with Gasteiger partial charge in [-0.3, -0.25) is 4.79 Å². The van der Waals surface area contributed by atoms with Crippen molar-refractivity contribution in [1.82, 2.24) is 10.0 Å². The molecule has 0 unspecified atom stereocenters. The number of rotatable bonds is 7. The summed E-state index contributed by atoms with van der Waals surface area (Å²) in [5, 5.41) is 2.67. The molecular formula is C17H20N2O4S. The van der Waals surface area contributed by atoms with Gasteiger partial charge in [-0.05, 0) is 42.3 Å². The van der Waals surface area contributed by atoms with Crippen molar-refractivity contribution >= 4 is 15.9 Å². The molecule has 2 N–H and O–H groups in total. The molecule has 1 amide bonds. The van der Waals surface area contributed by atoms with Crippen LogP contribution in [0.1, 0.15) is 11.1 Å². The molecule has 0 heterocycles. The van der Waals surface area contributed by atoms with Crippen molar-refractivity contribution in [1.29, 1.82) is 0 Å². The molecule has 0 aromatic heterocycles. The van der Waals surface area contributed by atoms with E-state index in [0.29, 0.717) is 6.54 Å². The van der Waals surface area contributed by atoms with Crippen LogP contribution >= 0.6 is 0 Å². The van der Waals surface area contributed by atoms with Gasteiger partial charge in [-0.25, -0.2) is 13.1 Å². The monoisotopic (exact) mass is 348 g/mol. The molecule has 7 heteroatoms. The fourth-order valence-electron chi connectivity index (χ4n) is 2.03. The predicted molar refractivity (Wildman–Crippen MR) is 91.2 cm³/mol. The van der Waals surface area contributed by atoms with Gasteiger partial charge in [0.25, 0.3) is 0 Å². The highest BCUT2D eigenvalue weighted by Gasteiger charge is 2.15. The van der Waals surface area contributed by atoms with E-state index >= 15 is 0 Å². The first-order valence-electron chi connectivity index (χ1n) is 7.37. The summed E-state index contributed by atoms with van der Waals surface area (Å²) in [5.41, 5.74) is 1.73. The molecule has 0 radical (unpaired) electrons. The second-order valence-electron chi connectivity index (χ2n) is 5.27. The topological polar surface area (TPSA) is 84.5 Å². The quantitative estimate of drug-likeness (QED) is 0.796. The Labute approximate surface area is 141 Å². The molecule has 2 aromatic carbocycles. The van der Waals surface area contributed by atoms with Gasteiger partial charge in [-0.2, -0.15) is 0 Å². The lowest BCUT2D eigenvalue weighted by Crippen LogP contribution is -2.36. The smallest absolute Gasteiger partial charge is 0.241 e. The maximum absolute atomic E-state index is 12.1. The molecule has 0 aliphatic heterocycles. The standard InChI is InChI=1S/C17H20N2O4S/c1-13-4-3-5-16(10-13)24(21,22)19-12-17(20)18-11-14-6-8-15(23-2)9-7-14/h3-10,19H,11-12H2,1-2H3,(H,18,20). The molecule has 0 aliphatic carbocycles. The Morgan fingerprint density at radius 3 is 2.46 bits per heavy atom. The van der Waals surface area contributed by atoms with Crippen LogP contribution in [0.2, 0.25) is 0 Å². The number of carbonyl (C=O) groups excluding carboxylic acids is 1. The van der Waals surface area contributed by atoms with Crippen molar-refractivity contribution in [3.63, 3.8) is 0 Å². The van der Waals surface area contributed by atoms with Gasteiger partial charge >= 0.3 is 0 Å². The van der Waals surface area contributed by atoms with Crippen molar-refractivity contribution in [2.45, 2.75) is 18.4 Å². The summed E-state index contributed by atoms with van der Waals surface area (Å²) >= 11 is 0. The number of methoxy groups -OCH3 is 1. The highest BCUT2D eigenvalue weighted by atomic mass is 32.2. The van der Waals surface area contributed by atoms with Crippen molar-refractivity contribution in [3.8, 4) is 5.75 Å². The summed E-state index contributed by atoms with van der Waals surface area (Å²) < 4.78 is 31.6. The van der Waals surface area contributed by atoms with Crippen LogP contribution in [0.15, 0.2) is 53.4 Å². The summed E-state index contributed by atoms with van der Waals surface area (Å²) in [6, 6.07) is 13.8. The lowest BCUT2D eigenvalue weighted by molar-refractivity contribution is -0.120. The Hall–Kier alpha value is -2.38. The Bertz CT molecular complexity index is 802. The largest absolute Gasteiger partial charge is 0.497 e. The van der Waals surface area contributed by atoms with Crippen LogP contribution in [0.4, 0.5) is 0 Å². The summed E-state index contributed by atoms with van der Waals surface area (Å²) in [5.74, 6) is 0.332. The number of nitrogens with one attached hydrogen (secondary N) is 2. The predicted octanol–water partition coefficient (Wildman–Crippen LogP) is 1.60. The van der Waals surface area contributed by atoms with E-state index in [9.17, 15) is 13.2 Å². The van der Waals surface area contributed by atoms with Gasteiger partial charge in [0, 0.05) is 6.54 Å². The van der Waals surface area contributed by atoms with E-state index in [4.69, 9.17) is 4.74 Å². The van der Waals surface area contributed by atoms with Gasteiger partial charge < -0.3 is 10.1 Å². The molecule has 2 rings (SSSR count). The molecule has 2 aromatic rings. The molecule has 0 aliphatic rings. The Kier molecular flexibility index (Phi) is 5.94. The molecule has 128 valence electrons. The fraction of sp³-hybridized carbons (Fsp3) is 0.235. The third kappa shape index (κ3) is 5.07. The first-order valence-corrected chi connectivity index (χ1v) is 8.85. The van der Waals surface area contributed by atoms with E-state index in [-0.39, 0.29) is 11.4 Å². The van der Waals surface area contributed by atoms with E-state index in [2.05, 4.69) is 10.0 Å². The number of hydrogen-bond donors (Lipinski definition) is 2. The molecule has 24 heavy (non-hydrogen) atoms. The minimum absolute atomic E-state index is 0.144. The molecule has 0 saturated heterocycles. The zero-order valence-electron chi connectivity index (χ0n) is 13.6. The number of hydrogen-bond acceptors (Lipinski definition) is 4. The molecule has 0 spiro atoms. The Morgan fingerprint density at radius 1 is 1.12 bits per heavy atom. The average molecular weight is 348 g/mol. The molecule has 0 fully saturated rings. The summed E-state index contributed by atoms with van der Waals surface area (Å²) in [4.78, 5) is 12.0. The average Bonchev–Trinajstić information content (AvgIpc) is 2.58. The van der Waals surface area contributed by atoms with E-state index in [1.807, 2.05) is 12.1 Å². The van der Waals surface area contributed by atoms with E-state index in [1.165, 1.54) is 6.07 Å². The van der Waals surface area contributed by atoms with Crippen LogP contribution in [0.5, 0.6) is 5.75 Å². The van der Waals surface area contributed by atoms with Gasteiger partial charge in [0.2, 0.25) is 15.9 Å². The third-order valence-corrected chi connectivity index (χ3v) is 4.77. The van der Waals surface area contributed by atoms with Crippen LogP contribution in [-0.4, -0.2) is 28.0 Å². The molecule has 6 nitrogen and oxygen atoms in total. The van der Waals surface area contributed by atoms with E-state index in [0.717, 1.165) is 16.9 Å². The normalized spacial score (nSPS) is 11.1. The maximum atomic E-state index is 12.1. The van der Waals surface area contributed by atoms with Gasteiger partial charge in [-0.15, -0.1) is 0 Å². The number of ether oxygens (including phenoxy) is 1. The zero-order valence-corrected chi connectivity index (χ0v) is 14.4. The molecule has 0 atom stereocenters. The summed E-state index contributed by atoms with van der Waals surface area (Å²) in [6.07, 6.45) is 0. The number of sulfonamides is 1. The van der Waals surface area contributed by atoms with Gasteiger partial charge in [0.05, 0.1) is 18.6 Å². The molecule has 0 saturated carbocycles. The molecular weight excluding hydrogens is 328 g/mol. The number of carbonyl (C=O) groups is 1. The van der Waals surface area contributed by atoms with E-state index in [1.54, 1.807) is 44.4 Å². The summed E-state index contributed by atoms with van der Waals surface area (Å²) in [6.45, 7) is 1.81. The van der Waals surface area contributed by atoms with Crippen molar-refractivity contribution in [2.75, 3.05) is 13.7 Å². The van der Waals surface area contributed by atoms with Crippen LogP contribution in [0.25, 0.3) is 0 Å². The maximum Gasteiger partial charge on any atom is 0.241 e. The highest BCUT2D eigenvalue weighted by Crippen LogP contribution is 2.11. The zero-order chi connectivity index (χ0) is 17.6. The van der Waals surface area contributed by atoms with Crippen molar-refractivity contribution in [3.05, 3.63) is 59.7 Å². The fourth-order valence-corrected chi connectivity index (χ4v) is 3.12. The van der Waals surface area contributed by atoms with Crippen molar-refractivity contribution in [2.24, 2.45) is 0 Å². The van der Waals surface area contributed by atoms with Crippen LogP contribution in [0.3, 0.4) is 0 Å². The van der Waals surface area contributed by atoms with Crippen LogP contribution < -0.4 is 14.8 Å². The number of amides is 1. The Morgan fingerprint density at radius 2 is 1.83 bits per heavy atom. The first kappa shape index (κ1) is 18.0. The number of benzene rings is 2. The van der Waals surface area contributed by atoms with Crippen LogP contribution in [0, 0.1) is 6.92 Å². The lowest BCUT2D eigenvalue weighted by Gasteiger charge is -2.09. The summed E-state index contributed by atoms with van der Waals surface area (Å²) in [7, 11) is -2.12. The first-order chi connectivity index (χ1) is 11.4. The van der Waals surface area contributed by atoms with Gasteiger partial charge in [0.15, 0.2) is 0 Å². The van der Waals surface area contributed by atoms with Gasteiger partial charge in [0.1, 0.15) is 5.75 Å². The second kappa shape index (κ2) is 7.94. The second-order valence-corrected chi connectivity index (χ2v) is 7.03. The lowest BCUT2D eigenvalue weighted by atomic mass is 10.2. The minimum atomic E-state index is -3.70. The SMILES string of the molecule is COc1ccc(CNC(=O)CNS(=O)(=O)c2cccc(C)c2)cc1. The minimum Gasteiger partial charge on any atom is -0.497 e. The Balaban J connectivity index is 1.86. The van der Waals surface area contributed by atoms with Crippen LogP contribution in [-0.2, 0) is 21.4 Å². The number of aryl methyl sites for hydroxylation is 1. The highest BCUT2D eigenvalue weighted by molar-refractivity contribution is 7.89. The van der Waals surface area contributed by atoms with E-state index < -0.39 is 15.9 Å². The molecule has 0 bridgehead atoms. The third-order valence-electron chi connectivity index (χ3n) is 3.37. The van der Waals surface area contributed by atoms with Gasteiger partial charge in [-0.1, -0.05) is 24.3 Å². The van der Waals surface area contributed by atoms with Crippen molar-refractivity contribution < 1.29 is 17.9 Å².